The third kappa shape index (κ3) is 5.88. The lowest BCUT2D eigenvalue weighted by Gasteiger charge is -2.11. The highest BCUT2D eigenvalue weighted by atomic mass is 32.2. The number of anilines is 1. The number of imidazole rings is 1. The zero-order valence-corrected chi connectivity index (χ0v) is 18.8. The van der Waals surface area contributed by atoms with Crippen LogP contribution in [-0.4, -0.2) is 40.1 Å². The van der Waals surface area contributed by atoms with Gasteiger partial charge in [0.25, 0.3) is 16.0 Å². The molecule has 3 heterocycles. The molecule has 0 atom stereocenters. The normalized spacial score (nSPS) is 11.3. The molecule has 168 valence electrons. The zero-order chi connectivity index (χ0) is 23.4. The maximum Gasteiger partial charge on any atom is 0.275 e. The summed E-state index contributed by atoms with van der Waals surface area (Å²) in [6.07, 6.45) is 5.89. The Balaban J connectivity index is 1.63. The van der Waals surface area contributed by atoms with Gasteiger partial charge < -0.3 is 5.32 Å². The van der Waals surface area contributed by atoms with E-state index < -0.39 is 16.0 Å². The van der Waals surface area contributed by atoms with E-state index in [2.05, 4.69) is 20.3 Å². The van der Waals surface area contributed by atoms with Gasteiger partial charge >= 0.3 is 0 Å². The summed E-state index contributed by atoms with van der Waals surface area (Å²) >= 11 is 0. The maximum absolute atomic E-state index is 12.9. The predicted molar refractivity (Wildman–Crippen MR) is 123 cm³/mol. The molecule has 1 amide bonds. The first-order valence-corrected chi connectivity index (χ1v) is 11.8. The lowest BCUT2D eigenvalue weighted by atomic mass is 10.1. The number of rotatable bonds is 7. The Kier molecular flexibility index (Phi) is 6.29. The summed E-state index contributed by atoms with van der Waals surface area (Å²) in [4.78, 5) is 25.7. The van der Waals surface area contributed by atoms with Crippen LogP contribution in [0.4, 0.5) is 5.82 Å². The third-order valence-corrected chi connectivity index (χ3v) is 5.17. The average Bonchev–Trinajstić information content (AvgIpc) is 3.24. The highest BCUT2D eigenvalue weighted by Gasteiger charge is 2.13. The van der Waals surface area contributed by atoms with E-state index >= 15 is 0 Å². The predicted octanol–water partition coefficient (Wildman–Crippen LogP) is 3.37. The molecular formula is C23H21N5O4S. The van der Waals surface area contributed by atoms with Gasteiger partial charge in [-0.1, -0.05) is 30.3 Å². The SMILES string of the molecule is Cc1cn(-c2cc(COS(C)(=O)=O)cc(NC(=O)c3cc(-c4ccccc4)ccn3)n2)cn1. The monoisotopic (exact) mass is 463 g/mol. The van der Waals surface area contributed by atoms with Gasteiger partial charge in [0.15, 0.2) is 0 Å². The van der Waals surface area contributed by atoms with Crippen molar-refractivity contribution >= 4 is 21.8 Å². The molecule has 9 nitrogen and oxygen atoms in total. The van der Waals surface area contributed by atoms with E-state index in [1.807, 2.05) is 43.3 Å². The average molecular weight is 464 g/mol. The Hall–Kier alpha value is -3.89. The van der Waals surface area contributed by atoms with Crippen molar-refractivity contribution in [1.29, 1.82) is 0 Å². The molecule has 4 rings (SSSR count). The first-order chi connectivity index (χ1) is 15.8. The van der Waals surface area contributed by atoms with Crippen LogP contribution in [0.25, 0.3) is 16.9 Å². The molecule has 10 heteroatoms. The Bertz CT molecular complexity index is 1400. The molecule has 0 aliphatic heterocycles. The van der Waals surface area contributed by atoms with Crippen LogP contribution in [0.15, 0.2) is 73.3 Å². The van der Waals surface area contributed by atoms with Crippen molar-refractivity contribution in [2.24, 2.45) is 0 Å². The number of hydrogen-bond acceptors (Lipinski definition) is 7. The fourth-order valence-electron chi connectivity index (χ4n) is 3.12. The van der Waals surface area contributed by atoms with Crippen molar-refractivity contribution in [3.8, 4) is 16.9 Å². The molecule has 0 saturated carbocycles. The molecule has 0 unspecified atom stereocenters. The van der Waals surface area contributed by atoms with Crippen LogP contribution in [0.3, 0.4) is 0 Å². The lowest BCUT2D eigenvalue weighted by molar-refractivity contribution is 0.102. The summed E-state index contributed by atoms with van der Waals surface area (Å²) < 4.78 is 29.4. The third-order valence-electron chi connectivity index (χ3n) is 4.63. The van der Waals surface area contributed by atoms with Crippen molar-refractivity contribution in [3.05, 3.63) is 90.3 Å². The van der Waals surface area contributed by atoms with Crippen molar-refractivity contribution < 1.29 is 17.4 Å². The van der Waals surface area contributed by atoms with Crippen molar-refractivity contribution in [3.63, 3.8) is 0 Å². The van der Waals surface area contributed by atoms with Crippen LogP contribution in [0, 0.1) is 6.92 Å². The van der Waals surface area contributed by atoms with Gasteiger partial charge in [-0.05, 0) is 47.9 Å². The van der Waals surface area contributed by atoms with Crippen LogP contribution in [0.1, 0.15) is 21.7 Å². The van der Waals surface area contributed by atoms with Gasteiger partial charge in [0.05, 0.1) is 18.6 Å². The van der Waals surface area contributed by atoms with Crippen LogP contribution in [-0.2, 0) is 20.9 Å². The number of aromatic nitrogens is 4. The van der Waals surface area contributed by atoms with Gasteiger partial charge in [-0.15, -0.1) is 0 Å². The van der Waals surface area contributed by atoms with Gasteiger partial charge in [0.1, 0.15) is 23.7 Å². The van der Waals surface area contributed by atoms with Gasteiger partial charge in [0.2, 0.25) is 0 Å². The second kappa shape index (κ2) is 9.31. The van der Waals surface area contributed by atoms with Crippen molar-refractivity contribution in [2.45, 2.75) is 13.5 Å². The van der Waals surface area contributed by atoms with Crippen LogP contribution in [0.5, 0.6) is 0 Å². The van der Waals surface area contributed by atoms with E-state index in [0.717, 1.165) is 23.1 Å². The van der Waals surface area contributed by atoms with Gasteiger partial charge in [0, 0.05) is 12.4 Å². The van der Waals surface area contributed by atoms with Gasteiger partial charge in [-0.25, -0.2) is 9.97 Å². The molecule has 0 aliphatic carbocycles. The number of carbonyl (C=O) groups excluding carboxylic acids is 1. The number of carbonyl (C=O) groups is 1. The van der Waals surface area contributed by atoms with Crippen molar-refractivity contribution in [2.75, 3.05) is 11.6 Å². The molecule has 1 N–H and O–H groups in total. The number of amides is 1. The van der Waals surface area contributed by atoms with E-state index in [0.29, 0.717) is 11.4 Å². The Morgan fingerprint density at radius 2 is 1.85 bits per heavy atom. The molecule has 0 radical (unpaired) electrons. The van der Waals surface area contributed by atoms with E-state index in [4.69, 9.17) is 4.18 Å². The topological polar surface area (TPSA) is 116 Å². The summed E-state index contributed by atoms with van der Waals surface area (Å²) in [6, 6.07) is 16.4. The molecule has 1 aromatic carbocycles. The summed E-state index contributed by atoms with van der Waals surface area (Å²) in [5, 5.41) is 2.74. The summed E-state index contributed by atoms with van der Waals surface area (Å²) in [5.41, 5.74) is 3.33. The van der Waals surface area contributed by atoms with Crippen LogP contribution >= 0.6 is 0 Å². The summed E-state index contributed by atoms with van der Waals surface area (Å²) in [6.45, 7) is 1.63. The van der Waals surface area contributed by atoms with E-state index in [9.17, 15) is 13.2 Å². The molecule has 0 aliphatic rings. The minimum atomic E-state index is -3.64. The summed E-state index contributed by atoms with van der Waals surface area (Å²) in [5.74, 6) is 0.226. The molecule has 0 spiro atoms. The van der Waals surface area contributed by atoms with E-state index in [-0.39, 0.29) is 18.1 Å². The van der Waals surface area contributed by atoms with Crippen LogP contribution in [0.2, 0.25) is 0 Å². The Morgan fingerprint density at radius 3 is 2.55 bits per heavy atom. The quantitative estimate of drug-likeness (QED) is 0.418. The second-order valence-electron chi connectivity index (χ2n) is 7.36. The van der Waals surface area contributed by atoms with E-state index in [1.54, 1.807) is 41.5 Å². The zero-order valence-electron chi connectivity index (χ0n) is 18.0. The summed E-state index contributed by atoms with van der Waals surface area (Å²) in [7, 11) is -3.64. The number of nitrogens with one attached hydrogen (secondary N) is 1. The number of nitrogens with zero attached hydrogens (tertiary/aromatic N) is 4. The smallest absolute Gasteiger partial charge is 0.275 e. The standard InChI is InChI=1S/C23H21N5O4S/c1-16-13-28(15-25-16)22-11-17(14-32-33(2,30)31)10-21(26-22)27-23(29)20-12-19(8-9-24-20)18-6-4-3-5-7-18/h3-13,15H,14H2,1-2H3,(H,26,27,29). The minimum absolute atomic E-state index is 0.202. The van der Waals surface area contributed by atoms with Crippen LogP contribution < -0.4 is 5.32 Å². The largest absolute Gasteiger partial charge is 0.305 e. The molecule has 33 heavy (non-hydrogen) atoms. The molecule has 0 fully saturated rings. The molecule has 0 saturated heterocycles. The first kappa shape index (κ1) is 22.3. The molecule has 3 aromatic heterocycles. The Labute approximate surface area is 191 Å². The maximum atomic E-state index is 12.9. The van der Waals surface area contributed by atoms with Gasteiger partial charge in [-0.3, -0.25) is 18.5 Å². The fraction of sp³-hybridized carbons (Fsp3) is 0.130. The Morgan fingerprint density at radius 1 is 1.06 bits per heavy atom. The fourth-order valence-corrected chi connectivity index (χ4v) is 3.47. The molecular weight excluding hydrogens is 442 g/mol. The lowest BCUT2D eigenvalue weighted by Crippen LogP contribution is -2.16. The van der Waals surface area contributed by atoms with Gasteiger partial charge in [-0.2, -0.15) is 8.42 Å². The number of aryl methyl sites for hydroxylation is 1. The van der Waals surface area contributed by atoms with E-state index in [1.165, 1.54) is 0 Å². The highest BCUT2D eigenvalue weighted by molar-refractivity contribution is 7.85. The first-order valence-electron chi connectivity index (χ1n) is 9.96. The number of hydrogen-bond donors (Lipinski definition) is 1. The second-order valence-corrected chi connectivity index (χ2v) is 9.00. The number of pyridine rings is 2. The number of benzene rings is 1. The molecule has 4 aromatic rings. The highest BCUT2D eigenvalue weighted by Crippen LogP contribution is 2.20. The van der Waals surface area contributed by atoms with Crippen molar-refractivity contribution in [1.82, 2.24) is 19.5 Å². The minimum Gasteiger partial charge on any atom is -0.305 e. The molecule has 0 bridgehead atoms.